The van der Waals surface area contributed by atoms with Crippen LogP contribution in [0.2, 0.25) is 0 Å². The fourth-order valence-electron chi connectivity index (χ4n) is 1.10. The number of rotatable bonds is 3. The van der Waals surface area contributed by atoms with Crippen LogP contribution < -0.4 is 5.73 Å². The summed E-state index contributed by atoms with van der Waals surface area (Å²) >= 11 is 2.48. The summed E-state index contributed by atoms with van der Waals surface area (Å²) in [5.41, 5.74) is 6.32. The first kappa shape index (κ1) is 11.8. The van der Waals surface area contributed by atoms with E-state index in [1.165, 1.54) is 49.0 Å². The number of hydrogen-bond donors (Lipinski definition) is 1. The van der Waals surface area contributed by atoms with Crippen LogP contribution in [0.15, 0.2) is 28.0 Å². The lowest BCUT2D eigenvalue weighted by Crippen LogP contribution is -2.05. The molecule has 0 amide bonds. The van der Waals surface area contributed by atoms with Gasteiger partial charge in [-0.2, -0.15) is 4.37 Å². The van der Waals surface area contributed by atoms with Crippen molar-refractivity contribution in [3.8, 4) is 0 Å². The van der Waals surface area contributed by atoms with E-state index < -0.39 is 5.97 Å². The number of anilines is 1. The van der Waals surface area contributed by atoms with Crippen molar-refractivity contribution in [2.75, 3.05) is 12.8 Å². The second-order valence-corrected chi connectivity index (χ2v) is 4.94. The van der Waals surface area contributed by atoms with E-state index in [2.05, 4.69) is 19.1 Å². The fourth-order valence-corrected chi connectivity index (χ4v) is 2.51. The van der Waals surface area contributed by atoms with Crippen molar-refractivity contribution in [2.45, 2.75) is 9.37 Å². The van der Waals surface area contributed by atoms with Crippen molar-refractivity contribution < 1.29 is 9.53 Å². The monoisotopic (exact) mass is 268 g/mol. The number of nitrogens with zero attached hydrogens (tertiary/aromatic N) is 3. The molecule has 0 radical (unpaired) electrons. The lowest BCUT2D eigenvalue weighted by atomic mass is 10.3. The van der Waals surface area contributed by atoms with Crippen LogP contribution in [0.5, 0.6) is 0 Å². The SMILES string of the molecule is COC(=O)c1cc(N)cnc1Sc1ncns1. The molecule has 8 heteroatoms. The zero-order valence-electron chi connectivity index (χ0n) is 8.78. The Morgan fingerprint density at radius 2 is 2.35 bits per heavy atom. The molecular formula is C9H8N4O2S2. The molecule has 88 valence electrons. The maximum absolute atomic E-state index is 11.6. The number of esters is 1. The molecule has 2 aromatic heterocycles. The maximum atomic E-state index is 11.6. The van der Waals surface area contributed by atoms with Crippen molar-refractivity contribution in [1.29, 1.82) is 0 Å². The summed E-state index contributed by atoms with van der Waals surface area (Å²) < 4.78 is 9.24. The second-order valence-electron chi connectivity index (χ2n) is 2.92. The highest BCUT2D eigenvalue weighted by molar-refractivity contribution is 8.01. The highest BCUT2D eigenvalue weighted by Crippen LogP contribution is 2.30. The van der Waals surface area contributed by atoms with E-state index in [1.807, 2.05) is 0 Å². The standard InChI is InChI=1S/C9H8N4O2S2/c1-15-8(14)6-2-5(10)3-11-7(6)16-9-12-4-13-17-9/h2-4H,10H2,1H3. The normalized spacial score (nSPS) is 10.2. The summed E-state index contributed by atoms with van der Waals surface area (Å²) in [5.74, 6) is -0.475. The molecule has 2 rings (SSSR count). The first-order valence-electron chi connectivity index (χ1n) is 4.49. The number of carbonyl (C=O) groups is 1. The summed E-state index contributed by atoms with van der Waals surface area (Å²) in [6, 6.07) is 1.53. The molecule has 0 saturated carbocycles. The van der Waals surface area contributed by atoms with E-state index in [0.29, 0.717) is 20.6 Å². The van der Waals surface area contributed by atoms with E-state index in [-0.39, 0.29) is 0 Å². The van der Waals surface area contributed by atoms with Gasteiger partial charge in [0.15, 0.2) is 4.34 Å². The van der Waals surface area contributed by atoms with E-state index in [1.54, 1.807) is 0 Å². The number of nitrogen functional groups attached to an aromatic ring is 1. The average Bonchev–Trinajstić information content (AvgIpc) is 2.83. The smallest absolute Gasteiger partial charge is 0.340 e. The Morgan fingerprint density at radius 1 is 1.53 bits per heavy atom. The van der Waals surface area contributed by atoms with Gasteiger partial charge < -0.3 is 10.5 Å². The van der Waals surface area contributed by atoms with Crippen LogP contribution in [-0.4, -0.2) is 27.4 Å². The molecular weight excluding hydrogens is 260 g/mol. The quantitative estimate of drug-likeness (QED) is 0.842. The molecule has 2 N–H and O–H groups in total. The molecule has 0 saturated heterocycles. The van der Waals surface area contributed by atoms with Crippen molar-refractivity contribution in [3.05, 3.63) is 24.2 Å². The maximum Gasteiger partial charge on any atom is 0.340 e. The van der Waals surface area contributed by atoms with Crippen LogP contribution in [0.25, 0.3) is 0 Å². The molecule has 0 aliphatic heterocycles. The summed E-state index contributed by atoms with van der Waals surface area (Å²) in [6.07, 6.45) is 2.93. The van der Waals surface area contributed by atoms with Crippen molar-refractivity contribution in [3.63, 3.8) is 0 Å². The Morgan fingerprint density at radius 3 is 3.00 bits per heavy atom. The number of methoxy groups -OCH3 is 1. The minimum Gasteiger partial charge on any atom is -0.465 e. The van der Waals surface area contributed by atoms with Crippen LogP contribution in [0.1, 0.15) is 10.4 Å². The molecule has 0 fully saturated rings. The van der Waals surface area contributed by atoms with Gasteiger partial charge in [-0.25, -0.2) is 14.8 Å². The number of hydrogen-bond acceptors (Lipinski definition) is 8. The first-order valence-corrected chi connectivity index (χ1v) is 6.08. The van der Waals surface area contributed by atoms with Gasteiger partial charge in [0.2, 0.25) is 0 Å². The molecule has 6 nitrogen and oxygen atoms in total. The van der Waals surface area contributed by atoms with Crippen LogP contribution >= 0.6 is 23.3 Å². The second kappa shape index (κ2) is 5.11. The molecule has 0 aromatic carbocycles. The summed E-state index contributed by atoms with van der Waals surface area (Å²) in [4.78, 5) is 19.7. The third-order valence-electron chi connectivity index (χ3n) is 1.80. The van der Waals surface area contributed by atoms with Gasteiger partial charge in [0, 0.05) is 0 Å². The fraction of sp³-hybridized carbons (Fsp3) is 0.111. The molecule has 0 aliphatic carbocycles. The molecule has 17 heavy (non-hydrogen) atoms. The van der Waals surface area contributed by atoms with E-state index >= 15 is 0 Å². The third-order valence-corrected chi connectivity index (χ3v) is 3.54. The number of carbonyl (C=O) groups excluding carboxylic acids is 1. The predicted molar refractivity (Wildman–Crippen MR) is 64.0 cm³/mol. The predicted octanol–water partition coefficient (Wildman–Crippen LogP) is 1.45. The molecule has 0 aliphatic rings. The largest absolute Gasteiger partial charge is 0.465 e. The van der Waals surface area contributed by atoms with Gasteiger partial charge in [-0.05, 0) is 29.4 Å². The Balaban J connectivity index is 2.35. The van der Waals surface area contributed by atoms with E-state index in [0.717, 1.165) is 0 Å². The van der Waals surface area contributed by atoms with Crippen LogP contribution in [0, 0.1) is 0 Å². The van der Waals surface area contributed by atoms with Gasteiger partial charge in [-0.3, -0.25) is 0 Å². The molecule has 0 unspecified atom stereocenters. The topological polar surface area (TPSA) is 91.0 Å². The van der Waals surface area contributed by atoms with Gasteiger partial charge in [-0.15, -0.1) is 0 Å². The van der Waals surface area contributed by atoms with Gasteiger partial charge >= 0.3 is 5.97 Å². The van der Waals surface area contributed by atoms with Gasteiger partial charge in [0.1, 0.15) is 11.4 Å². The summed E-state index contributed by atoms with van der Waals surface area (Å²) in [6.45, 7) is 0. The zero-order valence-corrected chi connectivity index (χ0v) is 10.4. The Bertz CT molecular complexity index is 530. The number of aromatic nitrogens is 3. The number of ether oxygens (including phenoxy) is 1. The molecule has 0 spiro atoms. The number of pyridine rings is 1. The van der Waals surface area contributed by atoms with E-state index in [4.69, 9.17) is 5.73 Å². The van der Waals surface area contributed by atoms with Crippen molar-refractivity contribution >= 4 is 35.0 Å². The minimum absolute atomic E-state index is 0.327. The lowest BCUT2D eigenvalue weighted by molar-refractivity contribution is 0.0596. The van der Waals surface area contributed by atoms with Gasteiger partial charge in [0.25, 0.3) is 0 Å². The van der Waals surface area contributed by atoms with Crippen LogP contribution in [0.3, 0.4) is 0 Å². The highest BCUT2D eigenvalue weighted by atomic mass is 32.2. The minimum atomic E-state index is -0.475. The van der Waals surface area contributed by atoms with Gasteiger partial charge in [-0.1, -0.05) is 0 Å². The zero-order chi connectivity index (χ0) is 12.3. The summed E-state index contributed by atoms with van der Waals surface area (Å²) in [7, 11) is 1.31. The Kier molecular flexibility index (Phi) is 3.55. The molecule has 2 heterocycles. The Hall–Kier alpha value is -1.67. The highest BCUT2D eigenvalue weighted by Gasteiger charge is 2.16. The van der Waals surface area contributed by atoms with Gasteiger partial charge in [0.05, 0.1) is 24.6 Å². The summed E-state index contributed by atoms with van der Waals surface area (Å²) in [5, 5.41) is 0.503. The number of nitrogens with two attached hydrogens (primary N) is 1. The van der Waals surface area contributed by atoms with Crippen molar-refractivity contribution in [2.24, 2.45) is 0 Å². The third kappa shape index (κ3) is 2.71. The lowest BCUT2D eigenvalue weighted by Gasteiger charge is -2.05. The van der Waals surface area contributed by atoms with Crippen LogP contribution in [-0.2, 0) is 4.74 Å². The molecule has 2 aromatic rings. The van der Waals surface area contributed by atoms with Crippen molar-refractivity contribution in [1.82, 2.24) is 14.3 Å². The molecule has 0 bridgehead atoms. The Labute approximate surface area is 105 Å². The first-order chi connectivity index (χ1) is 8.20. The van der Waals surface area contributed by atoms with E-state index in [9.17, 15) is 4.79 Å². The average molecular weight is 268 g/mol. The van der Waals surface area contributed by atoms with Crippen LogP contribution in [0.4, 0.5) is 5.69 Å². The molecule has 0 atom stereocenters.